The second-order valence-corrected chi connectivity index (χ2v) is 5.48. The molecule has 3 nitrogen and oxygen atoms in total. The van der Waals surface area contributed by atoms with E-state index in [1.54, 1.807) is 0 Å². The molecule has 0 radical (unpaired) electrons. The molecule has 1 atom stereocenters. The largest absolute Gasteiger partial charge is 0.378 e. The molecule has 1 unspecified atom stereocenters. The molecular weight excluding hydrogens is 212 g/mol. The maximum absolute atomic E-state index is 5.68. The second kappa shape index (κ2) is 6.72. The van der Waals surface area contributed by atoms with E-state index in [0.29, 0.717) is 6.10 Å². The monoisotopic (exact) mass is 240 g/mol. The molecule has 3 heteroatoms. The van der Waals surface area contributed by atoms with Crippen LogP contribution in [0.15, 0.2) is 0 Å². The topological polar surface area (TPSA) is 24.5 Å². The molecule has 2 rings (SSSR count). The van der Waals surface area contributed by atoms with Gasteiger partial charge >= 0.3 is 0 Å². The number of likely N-dealkylation sites (tertiary alicyclic amines) is 1. The summed E-state index contributed by atoms with van der Waals surface area (Å²) in [6.07, 6.45) is 8.62. The summed E-state index contributed by atoms with van der Waals surface area (Å²) < 4.78 is 5.68. The summed E-state index contributed by atoms with van der Waals surface area (Å²) in [4.78, 5) is 2.77. The van der Waals surface area contributed by atoms with Gasteiger partial charge in [0.05, 0.1) is 6.10 Å². The molecule has 0 aromatic heterocycles. The van der Waals surface area contributed by atoms with Gasteiger partial charge in [0, 0.05) is 18.7 Å². The Morgan fingerprint density at radius 1 is 1.29 bits per heavy atom. The Morgan fingerprint density at radius 3 is 2.82 bits per heavy atom. The third-order valence-corrected chi connectivity index (χ3v) is 4.34. The summed E-state index contributed by atoms with van der Waals surface area (Å²) in [7, 11) is 2.06. The van der Waals surface area contributed by atoms with Crippen molar-refractivity contribution in [3.63, 3.8) is 0 Å². The lowest BCUT2D eigenvalue weighted by Gasteiger charge is -2.48. The van der Waals surface area contributed by atoms with Gasteiger partial charge < -0.3 is 10.1 Å². The maximum atomic E-state index is 5.68. The van der Waals surface area contributed by atoms with Crippen molar-refractivity contribution < 1.29 is 4.74 Å². The van der Waals surface area contributed by atoms with Crippen molar-refractivity contribution >= 4 is 0 Å². The van der Waals surface area contributed by atoms with Gasteiger partial charge in [0.15, 0.2) is 0 Å². The van der Waals surface area contributed by atoms with E-state index in [0.717, 1.165) is 25.2 Å². The van der Waals surface area contributed by atoms with Gasteiger partial charge in [0.25, 0.3) is 0 Å². The van der Waals surface area contributed by atoms with E-state index < -0.39 is 0 Å². The van der Waals surface area contributed by atoms with Gasteiger partial charge in [0.2, 0.25) is 0 Å². The van der Waals surface area contributed by atoms with E-state index in [1.165, 1.54) is 45.1 Å². The van der Waals surface area contributed by atoms with Crippen LogP contribution in [-0.4, -0.2) is 49.8 Å². The lowest BCUT2D eigenvalue weighted by Crippen LogP contribution is -2.54. The number of rotatable bonds is 6. The van der Waals surface area contributed by atoms with Crippen LogP contribution in [0.5, 0.6) is 0 Å². The van der Waals surface area contributed by atoms with Crippen LogP contribution in [0.2, 0.25) is 0 Å². The average molecular weight is 240 g/mol. The van der Waals surface area contributed by atoms with E-state index in [-0.39, 0.29) is 0 Å². The molecule has 1 N–H and O–H groups in total. The summed E-state index contributed by atoms with van der Waals surface area (Å²) in [5.41, 5.74) is 0. The summed E-state index contributed by atoms with van der Waals surface area (Å²) in [5.74, 6) is 0. The van der Waals surface area contributed by atoms with Gasteiger partial charge in [0.1, 0.15) is 0 Å². The first kappa shape index (κ1) is 13.3. The molecular formula is C14H28N2O. The highest BCUT2D eigenvalue weighted by Crippen LogP contribution is 2.33. The molecule has 0 bridgehead atoms. The first-order chi connectivity index (χ1) is 8.35. The van der Waals surface area contributed by atoms with Crippen molar-refractivity contribution in [3.05, 3.63) is 0 Å². The third-order valence-electron chi connectivity index (χ3n) is 4.34. The van der Waals surface area contributed by atoms with Gasteiger partial charge in [-0.25, -0.2) is 0 Å². The van der Waals surface area contributed by atoms with Crippen LogP contribution in [0.3, 0.4) is 0 Å². The lowest BCUT2D eigenvalue weighted by molar-refractivity contribution is -0.0651. The van der Waals surface area contributed by atoms with Crippen molar-refractivity contribution in [1.82, 2.24) is 10.2 Å². The molecule has 0 aromatic carbocycles. The lowest BCUT2D eigenvalue weighted by atomic mass is 9.84. The van der Waals surface area contributed by atoms with E-state index in [9.17, 15) is 0 Å². The Morgan fingerprint density at radius 2 is 2.12 bits per heavy atom. The molecule has 2 aliphatic rings. The summed E-state index contributed by atoms with van der Waals surface area (Å²) in [6.45, 7) is 5.45. The van der Waals surface area contributed by atoms with Crippen molar-refractivity contribution in [2.45, 2.75) is 63.6 Å². The van der Waals surface area contributed by atoms with Gasteiger partial charge in [-0.2, -0.15) is 0 Å². The van der Waals surface area contributed by atoms with Crippen molar-refractivity contribution in [2.24, 2.45) is 0 Å². The van der Waals surface area contributed by atoms with Crippen molar-refractivity contribution in [2.75, 3.05) is 26.7 Å². The Hall–Kier alpha value is -0.120. The number of ether oxygens (including phenoxy) is 1. The molecule has 100 valence electrons. The maximum Gasteiger partial charge on any atom is 0.0604 e. The van der Waals surface area contributed by atoms with Gasteiger partial charge in [-0.15, -0.1) is 0 Å². The first-order valence-corrected chi connectivity index (χ1v) is 7.37. The fourth-order valence-corrected chi connectivity index (χ4v) is 3.31. The zero-order chi connectivity index (χ0) is 12.1. The minimum atomic E-state index is 0.553. The smallest absolute Gasteiger partial charge is 0.0604 e. The van der Waals surface area contributed by atoms with Crippen molar-refractivity contribution in [1.29, 1.82) is 0 Å². The van der Waals surface area contributed by atoms with Crippen LogP contribution in [0.25, 0.3) is 0 Å². The number of nitrogens with zero attached hydrogens (tertiary/aromatic N) is 1. The molecule has 1 saturated carbocycles. The highest BCUT2D eigenvalue weighted by molar-refractivity contribution is 4.92. The molecule has 0 spiro atoms. The Bertz CT molecular complexity index is 216. The molecule has 17 heavy (non-hydrogen) atoms. The highest BCUT2D eigenvalue weighted by Gasteiger charge is 2.37. The predicted molar refractivity (Wildman–Crippen MR) is 71.3 cm³/mol. The Balaban J connectivity index is 1.77. The molecule has 1 saturated heterocycles. The SMILES string of the molecule is CCOC1CC(N2CCCCC2CCNC)C1. The number of nitrogens with one attached hydrogen (secondary N) is 1. The van der Waals surface area contributed by atoms with E-state index >= 15 is 0 Å². The minimum absolute atomic E-state index is 0.553. The zero-order valence-corrected chi connectivity index (χ0v) is 11.5. The van der Waals surface area contributed by atoms with E-state index in [2.05, 4.69) is 24.2 Å². The Labute approximate surface area is 106 Å². The fraction of sp³-hybridized carbons (Fsp3) is 1.00. The van der Waals surface area contributed by atoms with Crippen LogP contribution >= 0.6 is 0 Å². The minimum Gasteiger partial charge on any atom is -0.378 e. The van der Waals surface area contributed by atoms with Crippen LogP contribution in [0.4, 0.5) is 0 Å². The summed E-state index contributed by atoms with van der Waals surface area (Å²) in [5, 5.41) is 3.29. The standard InChI is InChI=1S/C14H28N2O/c1-3-17-14-10-13(11-14)16-9-5-4-6-12(16)7-8-15-2/h12-15H,3-11H2,1-2H3. The molecule has 0 aromatic rings. The third kappa shape index (κ3) is 3.43. The summed E-state index contributed by atoms with van der Waals surface area (Å²) >= 11 is 0. The molecule has 1 heterocycles. The van der Waals surface area contributed by atoms with Crippen LogP contribution in [0.1, 0.15) is 45.4 Å². The van der Waals surface area contributed by atoms with Crippen LogP contribution < -0.4 is 5.32 Å². The number of hydrogen-bond acceptors (Lipinski definition) is 3. The van der Waals surface area contributed by atoms with Crippen molar-refractivity contribution in [3.8, 4) is 0 Å². The van der Waals surface area contributed by atoms with Gasteiger partial charge in [-0.1, -0.05) is 6.42 Å². The zero-order valence-electron chi connectivity index (χ0n) is 11.5. The molecule has 1 aliphatic heterocycles. The second-order valence-electron chi connectivity index (χ2n) is 5.48. The number of hydrogen-bond donors (Lipinski definition) is 1. The number of piperidine rings is 1. The normalized spacial score (nSPS) is 34.6. The molecule has 1 aliphatic carbocycles. The summed E-state index contributed by atoms with van der Waals surface area (Å²) in [6, 6.07) is 1.64. The van der Waals surface area contributed by atoms with E-state index in [4.69, 9.17) is 4.74 Å². The van der Waals surface area contributed by atoms with Gasteiger partial charge in [-0.3, -0.25) is 4.90 Å². The Kier molecular flexibility index (Phi) is 5.26. The first-order valence-electron chi connectivity index (χ1n) is 7.37. The fourth-order valence-electron chi connectivity index (χ4n) is 3.31. The molecule has 0 amide bonds. The predicted octanol–water partition coefficient (Wildman–Crippen LogP) is 2.02. The van der Waals surface area contributed by atoms with Gasteiger partial charge in [-0.05, 0) is 59.2 Å². The van der Waals surface area contributed by atoms with Crippen LogP contribution in [0, 0.1) is 0 Å². The van der Waals surface area contributed by atoms with Crippen LogP contribution in [-0.2, 0) is 4.74 Å². The van der Waals surface area contributed by atoms with E-state index in [1.807, 2.05) is 0 Å². The molecule has 2 fully saturated rings. The quantitative estimate of drug-likeness (QED) is 0.769. The highest BCUT2D eigenvalue weighted by atomic mass is 16.5. The average Bonchev–Trinajstić information content (AvgIpc) is 2.31.